The largest absolute Gasteiger partial charge is 0.386 e. The molecule has 1 N–H and O–H groups in total. The summed E-state index contributed by atoms with van der Waals surface area (Å²) in [6.45, 7) is 14.1. The number of benzene rings is 3. The fraction of sp³-hybridized carbons (Fsp3) is 0.361. The minimum atomic E-state index is -0.809. The van der Waals surface area contributed by atoms with Crippen molar-refractivity contribution in [3.8, 4) is 0 Å². The lowest BCUT2D eigenvalue weighted by molar-refractivity contribution is 0.0776. The van der Waals surface area contributed by atoms with Gasteiger partial charge in [0.2, 0.25) is 0 Å². The van der Waals surface area contributed by atoms with Crippen LogP contribution in [0.15, 0.2) is 78.9 Å². The Balaban J connectivity index is 0.000000947. The van der Waals surface area contributed by atoms with Crippen LogP contribution in [0.25, 0.3) is 23.1 Å². The Morgan fingerprint density at radius 1 is 0.763 bits per heavy atom. The Kier molecular flexibility index (Phi) is 13.0. The third kappa shape index (κ3) is 9.58. The van der Waals surface area contributed by atoms with Crippen LogP contribution in [-0.2, 0) is 24.9 Å². The summed E-state index contributed by atoms with van der Waals surface area (Å²) in [5.41, 5.74) is 7.31. The van der Waals surface area contributed by atoms with Gasteiger partial charge in [0, 0.05) is 5.39 Å². The van der Waals surface area contributed by atoms with Crippen LogP contribution in [-0.4, -0.2) is 10.1 Å². The molecule has 38 heavy (non-hydrogen) atoms. The maximum atomic E-state index is 10.4. The standard InChI is InChI=1S/C31H33NO.C3H8.C2H6/c1-4-23-15-17-27-18-20-28(32-30(27)22-23)19-16-25-10-7-9-24(21-25)11-8-13-26-12-5-6-14-29(26)31(2,3)33;1-3-2;1-2/h5-7,9-10,12,14-22,33H,4,8,11,13H2,1-3H3;3H2,1-2H3;1-2H3/b19-16+;;. The molecule has 3 aromatic carbocycles. The molecule has 0 spiro atoms. The molecular formula is C36H47NO. The van der Waals surface area contributed by atoms with E-state index in [1.807, 2.05) is 39.8 Å². The van der Waals surface area contributed by atoms with Crippen molar-refractivity contribution in [2.24, 2.45) is 0 Å². The molecule has 0 aliphatic rings. The zero-order chi connectivity index (χ0) is 28.0. The molecule has 0 fully saturated rings. The number of hydrogen-bond donors (Lipinski definition) is 1. The topological polar surface area (TPSA) is 33.1 Å². The fourth-order valence-electron chi connectivity index (χ4n) is 4.34. The Bertz CT molecular complexity index is 1280. The number of aromatic nitrogens is 1. The molecule has 1 heterocycles. The summed E-state index contributed by atoms with van der Waals surface area (Å²) in [7, 11) is 0. The molecule has 0 bridgehead atoms. The second kappa shape index (κ2) is 15.9. The van der Waals surface area contributed by atoms with Crippen LogP contribution in [0.4, 0.5) is 0 Å². The zero-order valence-corrected chi connectivity index (χ0v) is 24.6. The second-order valence-corrected chi connectivity index (χ2v) is 9.97. The van der Waals surface area contributed by atoms with Crippen molar-refractivity contribution >= 4 is 23.1 Å². The van der Waals surface area contributed by atoms with E-state index in [0.29, 0.717) is 0 Å². The maximum Gasteiger partial charge on any atom is 0.0843 e. The summed E-state index contributed by atoms with van der Waals surface area (Å²) in [5.74, 6) is 0. The molecule has 0 aliphatic carbocycles. The van der Waals surface area contributed by atoms with E-state index >= 15 is 0 Å². The van der Waals surface area contributed by atoms with Gasteiger partial charge in [-0.2, -0.15) is 0 Å². The normalized spacial score (nSPS) is 11.1. The van der Waals surface area contributed by atoms with Crippen LogP contribution in [0, 0.1) is 0 Å². The van der Waals surface area contributed by atoms with Crippen LogP contribution in [0.1, 0.15) is 94.8 Å². The second-order valence-electron chi connectivity index (χ2n) is 9.97. The van der Waals surface area contributed by atoms with Gasteiger partial charge in [-0.05, 0) is 85.6 Å². The summed E-state index contributed by atoms with van der Waals surface area (Å²) >= 11 is 0. The number of nitrogens with zero attached hydrogens (tertiary/aromatic N) is 1. The first-order valence-corrected chi connectivity index (χ1v) is 14.3. The summed E-state index contributed by atoms with van der Waals surface area (Å²) in [6.07, 6.45) is 9.53. The molecule has 4 rings (SSSR count). The third-order valence-corrected chi connectivity index (χ3v) is 6.17. The number of aliphatic hydroxyl groups is 1. The van der Waals surface area contributed by atoms with Gasteiger partial charge in [0.05, 0.1) is 16.8 Å². The van der Waals surface area contributed by atoms with Crippen LogP contribution in [0.3, 0.4) is 0 Å². The summed E-state index contributed by atoms with van der Waals surface area (Å²) in [6, 6.07) is 27.7. The van der Waals surface area contributed by atoms with Gasteiger partial charge in [-0.3, -0.25) is 0 Å². The molecule has 2 heteroatoms. The van der Waals surface area contributed by atoms with E-state index in [0.717, 1.165) is 42.5 Å². The van der Waals surface area contributed by atoms with E-state index in [9.17, 15) is 5.11 Å². The Labute approximate surface area is 231 Å². The van der Waals surface area contributed by atoms with Crippen LogP contribution in [0.5, 0.6) is 0 Å². The minimum Gasteiger partial charge on any atom is -0.386 e. The van der Waals surface area contributed by atoms with Crippen molar-refractivity contribution in [2.75, 3.05) is 0 Å². The van der Waals surface area contributed by atoms with Gasteiger partial charge in [-0.25, -0.2) is 4.98 Å². The molecule has 0 saturated carbocycles. The van der Waals surface area contributed by atoms with E-state index in [-0.39, 0.29) is 0 Å². The zero-order valence-electron chi connectivity index (χ0n) is 24.6. The Morgan fingerprint density at radius 2 is 1.47 bits per heavy atom. The van der Waals surface area contributed by atoms with Gasteiger partial charge in [0.15, 0.2) is 0 Å². The van der Waals surface area contributed by atoms with Crippen molar-refractivity contribution < 1.29 is 5.11 Å². The highest BCUT2D eigenvalue weighted by atomic mass is 16.3. The summed E-state index contributed by atoms with van der Waals surface area (Å²) in [5, 5.41) is 11.6. The predicted molar refractivity (Wildman–Crippen MR) is 168 cm³/mol. The van der Waals surface area contributed by atoms with Gasteiger partial charge < -0.3 is 5.11 Å². The first-order chi connectivity index (χ1) is 18.3. The van der Waals surface area contributed by atoms with E-state index in [2.05, 4.69) is 99.7 Å². The highest BCUT2D eigenvalue weighted by Crippen LogP contribution is 2.25. The number of hydrogen-bond acceptors (Lipinski definition) is 2. The van der Waals surface area contributed by atoms with Gasteiger partial charge in [0.25, 0.3) is 0 Å². The first kappa shape index (κ1) is 31.0. The van der Waals surface area contributed by atoms with Crippen molar-refractivity contribution in [3.63, 3.8) is 0 Å². The molecule has 0 amide bonds. The van der Waals surface area contributed by atoms with Gasteiger partial charge in [-0.1, -0.05) is 114 Å². The van der Waals surface area contributed by atoms with Gasteiger partial charge in [0.1, 0.15) is 0 Å². The number of fused-ring (bicyclic) bond motifs is 1. The quantitative estimate of drug-likeness (QED) is 0.256. The fourth-order valence-corrected chi connectivity index (χ4v) is 4.34. The molecule has 0 atom stereocenters. The van der Waals surface area contributed by atoms with E-state index in [1.165, 1.54) is 34.1 Å². The SMILES string of the molecule is CC.CCC.CCc1ccc2ccc(/C=C/c3cccc(CCCc4ccccc4C(C)(C)O)c3)nc2c1. The number of aryl methyl sites for hydroxylation is 3. The summed E-state index contributed by atoms with van der Waals surface area (Å²) in [4.78, 5) is 4.83. The van der Waals surface area contributed by atoms with E-state index in [1.54, 1.807) is 0 Å². The van der Waals surface area contributed by atoms with Gasteiger partial charge in [-0.15, -0.1) is 0 Å². The molecule has 0 unspecified atom stereocenters. The summed E-state index contributed by atoms with van der Waals surface area (Å²) < 4.78 is 0. The molecule has 0 aliphatic heterocycles. The molecule has 0 saturated heterocycles. The molecular weight excluding hydrogens is 462 g/mol. The highest BCUT2D eigenvalue weighted by Gasteiger charge is 2.18. The third-order valence-electron chi connectivity index (χ3n) is 6.17. The van der Waals surface area contributed by atoms with Crippen LogP contribution < -0.4 is 0 Å². The molecule has 202 valence electrons. The van der Waals surface area contributed by atoms with E-state index in [4.69, 9.17) is 4.98 Å². The molecule has 0 radical (unpaired) electrons. The van der Waals surface area contributed by atoms with Crippen molar-refractivity contribution in [2.45, 2.75) is 86.2 Å². The minimum absolute atomic E-state index is 0.809. The average molecular weight is 510 g/mol. The number of rotatable bonds is 8. The average Bonchev–Trinajstić information content (AvgIpc) is 2.93. The predicted octanol–water partition coefficient (Wildman–Crippen LogP) is 9.81. The lowest BCUT2D eigenvalue weighted by Gasteiger charge is -2.21. The lowest BCUT2D eigenvalue weighted by atomic mass is 9.90. The first-order valence-electron chi connectivity index (χ1n) is 14.3. The smallest absolute Gasteiger partial charge is 0.0843 e. The lowest BCUT2D eigenvalue weighted by Crippen LogP contribution is -2.18. The highest BCUT2D eigenvalue weighted by molar-refractivity contribution is 5.81. The molecule has 1 aromatic heterocycles. The van der Waals surface area contributed by atoms with E-state index < -0.39 is 5.60 Å². The number of pyridine rings is 1. The Hall–Kier alpha value is -3.23. The molecule has 2 nitrogen and oxygen atoms in total. The monoisotopic (exact) mass is 509 g/mol. The maximum absolute atomic E-state index is 10.4. The Morgan fingerprint density at radius 3 is 2.18 bits per heavy atom. The van der Waals surface area contributed by atoms with Crippen molar-refractivity contribution in [3.05, 3.63) is 112 Å². The van der Waals surface area contributed by atoms with Crippen LogP contribution in [0.2, 0.25) is 0 Å². The van der Waals surface area contributed by atoms with Gasteiger partial charge >= 0.3 is 0 Å². The van der Waals surface area contributed by atoms with Crippen molar-refractivity contribution in [1.82, 2.24) is 4.98 Å². The van der Waals surface area contributed by atoms with Crippen LogP contribution >= 0.6 is 0 Å². The van der Waals surface area contributed by atoms with Crippen molar-refractivity contribution in [1.29, 1.82) is 0 Å². The molecule has 4 aromatic rings.